The van der Waals surface area contributed by atoms with Gasteiger partial charge in [0.1, 0.15) is 23.8 Å². The van der Waals surface area contributed by atoms with E-state index in [-0.39, 0.29) is 57.8 Å². The van der Waals surface area contributed by atoms with Gasteiger partial charge in [0.25, 0.3) is 27.6 Å². The van der Waals surface area contributed by atoms with Gasteiger partial charge in [-0.05, 0) is 124 Å². The first-order chi connectivity index (χ1) is 32.5. The minimum atomic E-state index is -4.79. The number of aromatic amines is 1. The molecule has 0 radical (unpaired) electrons. The van der Waals surface area contributed by atoms with E-state index in [0.29, 0.717) is 62.5 Å². The highest BCUT2D eigenvalue weighted by atomic mass is 32.2. The number of hydrogen-bond acceptors (Lipinski definition) is 12. The quantitative estimate of drug-likeness (QED) is 0.0558. The van der Waals surface area contributed by atoms with Gasteiger partial charge < -0.3 is 29.8 Å². The zero-order valence-electron chi connectivity index (χ0n) is 38.4. The third-order valence-electron chi connectivity index (χ3n) is 15.4. The monoisotopic (exact) mass is 953 g/mol. The second kappa shape index (κ2) is 17.6. The van der Waals surface area contributed by atoms with Crippen molar-refractivity contribution in [3.8, 4) is 17.2 Å². The number of hydrogen-bond donors (Lipinski definition) is 4. The summed E-state index contributed by atoms with van der Waals surface area (Å²) in [4.78, 5) is 36.4. The Morgan fingerprint density at radius 1 is 1.01 bits per heavy atom. The van der Waals surface area contributed by atoms with Crippen molar-refractivity contribution in [1.82, 2.24) is 19.6 Å². The normalized spacial score (nSPS) is 24.0. The van der Waals surface area contributed by atoms with Crippen LogP contribution in [0.1, 0.15) is 118 Å². The molecular formula is C50H57F2N7O8S. The van der Waals surface area contributed by atoms with Gasteiger partial charge in [-0.3, -0.25) is 19.8 Å². The Bertz CT molecular complexity index is 2880. The number of amides is 1. The molecule has 2 aliphatic carbocycles. The first kappa shape index (κ1) is 45.9. The number of nitrogens with one attached hydrogen (secondary N) is 3. The first-order valence-corrected chi connectivity index (χ1v) is 25.2. The highest BCUT2D eigenvalue weighted by molar-refractivity contribution is 7.90. The Kier molecular flexibility index (Phi) is 11.9. The van der Waals surface area contributed by atoms with E-state index in [4.69, 9.17) is 9.47 Å². The summed E-state index contributed by atoms with van der Waals surface area (Å²) in [5.41, 5.74) is 2.08. The second-order valence-corrected chi connectivity index (χ2v) is 21.9. The van der Waals surface area contributed by atoms with Crippen molar-refractivity contribution in [1.29, 1.82) is 0 Å². The van der Waals surface area contributed by atoms with Crippen LogP contribution in [0.4, 0.5) is 25.8 Å². The molecule has 4 N–H and O–H groups in total. The summed E-state index contributed by atoms with van der Waals surface area (Å²) in [6.07, 6.45) is 10.00. The molecule has 5 aromatic rings. The van der Waals surface area contributed by atoms with Gasteiger partial charge in [0, 0.05) is 55.3 Å². The van der Waals surface area contributed by atoms with Crippen molar-refractivity contribution >= 4 is 44.0 Å². The van der Waals surface area contributed by atoms with Crippen LogP contribution in [0.2, 0.25) is 0 Å². The number of rotatable bonds is 11. The molecule has 2 saturated heterocycles. The summed E-state index contributed by atoms with van der Waals surface area (Å²) in [5, 5.41) is 26.0. The van der Waals surface area contributed by atoms with E-state index < -0.39 is 54.6 Å². The predicted octanol–water partition coefficient (Wildman–Crippen LogP) is 9.48. The van der Waals surface area contributed by atoms with Gasteiger partial charge in [-0.15, -0.1) is 0 Å². The van der Waals surface area contributed by atoms with Crippen molar-refractivity contribution in [3.63, 3.8) is 0 Å². The number of fused-ring (bicyclic) bond motifs is 2. The maximum atomic E-state index is 15.5. The molecule has 4 fully saturated rings. The van der Waals surface area contributed by atoms with Crippen molar-refractivity contribution < 1.29 is 41.5 Å². The number of nitrogens with zero attached hydrogens (tertiary/aromatic N) is 4. The summed E-state index contributed by atoms with van der Waals surface area (Å²) in [7, 11) is -4.79. The number of carbonyl (C=O) groups excluding carboxylic acids is 1. The Balaban J connectivity index is 0.874. The van der Waals surface area contributed by atoms with Crippen LogP contribution in [-0.2, 0) is 10.0 Å². The number of pyridine rings is 1. The standard InChI is InChI=1S/C50H57F2N7O8S/c1-29(2)34-7-4-5-8-35(34)40-9-6-18-58(40)32-25-50(26-32)16-19-57(20-17-50)31-10-11-36(42(21-31)67-44-24-37-38(51)27-53-47(37)55-46(44)52)48(60)56-68(64,65)33-22-41(59(62)63)45-43(23-33)66-28-39(54-45)30-12-14-49(3,61)15-13-30/h4-5,7-8,10-11,21-24,27,29-30,32,39-40,54,61H,6,9,12-20,25-26,28H2,1-3H3,(H,53,55)(H,56,60)/t30?,39-,40-,49?/m1/s1. The smallest absolute Gasteiger partial charge is 0.297 e. The number of sulfonamides is 1. The Morgan fingerprint density at radius 3 is 2.50 bits per heavy atom. The van der Waals surface area contributed by atoms with Gasteiger partial charge in [-0.25, -0.2) is 17.5 Å². The summed E-state index contributed by atoms with van der Waals surface area (Å²) in [6, 6.07) is 17.2. The molecule has 2 saturated carbocycles. The number of H-pyrrole nitrogens is 1. The van der Waals surface area contributed by atoms with E-state index in [0.717, 1.165) is 63.0 Å². The molecular weight excluding hydrogens is 897 g/mol. The molecule has 5 aliphatic rings. The molecule has 0 bridgehead atoms. The molecule has 3 aliphatic heterocycles. The highest BCUT2D eigenvalue weighted by Crippen LogP contribution is 2.54. The minimum Gasteiger partial charge on any atom is -0.489 e. The van der Waals surface area contributed by atoms with Crippen LogP contribution in [0.5, 0.6) is 17.2 Å². The molecule has 10 rings (SSSR count). The number of aromatic nitrogens is 2. The van der Waals surface area contributed by atoms with Gasteiger partial charge in [0.2, 0.25) is 0 Å². The van der Waals surface area contributed by atoms with E-state index in [9.17, 15) is 32.8 Å². The second-order valence-electron chi connectivity index (χ2n) is 20.2. The number of likely N-dealkylation sites (tertiary alicyclic amines) is 1. The molecule has 2 aromatic heterocycles. The predicted molar refractivity (Wildman–Crippen MR) is 252 cm³/mol. The lowest BCUT2D eigenvalue weighted by molar-refractivity contribution is -0.384. The molecule has 68 heavy (non-hydrogen) atoms. The average molecular weight is 954 g/mol. The number of nitro benzene ring substituents is 1. The minimum absolute atomic E-state index is 0.0239. The van der Waals surface area contributed by atoms with Gasteiger partial charge in [0.15, 0.2) is 17.2 Å². The molecule has 360 valence electrons. The Labute approximate surface area is 393 Å². The number of benzene rings is 3. The number of carbonyl (C=O) groups is 1. The molecule has 1 amide bonds. The molecule has 3 aromatic carbocycles. The lowest BCUT2D eigenvalue weighted by Crippen LogP contribution is -2.54. The number of anilines is 2. The van der Waals surface area contributed by atoms with Crippen molar-refractivity contribution in [2.24, 2.45) is 11.3 Å². The Morgan fingerprint density at radius 2 is 1.76 bits per heavy atom. The lowest BCUT2D eigenvalue weighted by atomic mass is 9.59. The van der Waals surface area contributed by atoms with Crippen LogP contribution < -0.4 is 24.4 Å². The first-order valence-electron chi connectivity index (χ1n) is 23.7. The molecule has 15 nitrogen and oxygen atoms in total. The SMILES string of the molecule is CC(C)c1ccccc1[C@H]1CCCN1C1CC2(CCN(c3ccc(C(=O)NS(=O)(=O)c4cc5c(c([N+](=O)[O-])c4)N[C@@H](C4CCC(C)(O)CC4)CO5)c(Oc4cc5c(F)c[nH]c5nc4F)c3)CC2)C1. The van der Waals surface area contributed by atoms with Crippen LogP contribution in [0.25, 0.3) is 11.0 Å². The van der Waals surface area contributed by atoms with Crippen LogP contribution in [-0.4, -0.2) is 83.1 Å². The van der Waals surface area contributed by atoms with Gasteiger partial charge >= 0.3 is 0 Å². The molecule has 0 unspecified atom stereocenters. The van der Waals surface area contributed by atoms with Crippen LogP contribution in [0.3, 0.4) is 0 Å². The van der Waals surface area contributed by atoms with Gasteiger partial charge in [0.05, 0.1) is 32.4 Å². The number of piperidine rings is 1. The maximum absolute atomic E-state index is 15.5. The molecule has 2 atom stereocenters. The summed E-state index contributed by atoms with van der Waals surface area (Å²) in [5.74, 6) is -3.20. The van der Waals surface area contributed by atoms with Crippen LogP contribution >= 0.6 is 0 Å². The molecule has 5 heterocycles. The fourth-order valence-electron chi connectivity index (χ4n) is 11.6. The summed E-state index contributed by atoms with van der Waals surface area (Å²) in [6.45, 7) is 8.92. The number of halogens is 2. The third kappa shape index (κ3) is 8.74. The highest BCUT2D eigenvalue weighted by Gasteiger charge is 2.50. The maximum Gasteiger partial charge on any atom is 0.297 e. The third-order valence-corrected chi connectivity index (χ3v) is 16.8. The summed E-state index contributed by atoms with van der Waals surface area (Å²) < 4.78 is 72.0. The van der Waals surface area contributed by atoms with E-state index in [2.05, 4.69) is 63.2 Å². The lowest BCUT2D eigenvalue weighted by Gasteiger charge is -2.56. The average Bonchev–Trinajstić information content (AvgIpc) is 3.93. The van der Waals surface area contributed by atoms with Crippen molar-refractivity contribution in [3.05, 3.63) is 105 Å². The van der Waals surface area contributed by atoms with Crippen molar-refractivity contribution in [2.75, 3.05) is 36.5 Å². The number of nitro groups is 1. The molecule has 1 spiro atoms. The van der Waals surface area contributed by atoms with E-state index >= 15 is 4.39 Å². The van der Waals surface area contributed by atoms with E-state index in [1.807, 2.05) is 4.72 Å². The van der Waals surface area contributed by atoms with Crippen LogP contribution in [0.15, 0.2) is 71.8 Å². The number of aliphatic hydroxyl groups is 1. The van der Waals surface area contributed by atoms with Crippen LogP contribution in [0, 0.1) is 33.2 Å². The van der Waals surface area contributed by atoms with Gasteiger partial charge in [-0.1, -0.05) is 38.1 Å². The zero-order valence-corrected chi connectivity index (χ0v) is 39.2. The number of ether oxygens (including phenoxy) is 2. The Hall–Kier alpha value is -5.85. The van der Waals surface area contributed by atoms with Crippen molar-refractivity contribution in [2.45, 2.75) is 120 Å². The fraction of sp³-hybridized carbons (Fsp3) is 0.480. The fourth-order valence-corrected chi connectivity index (χ4v) is 12.6. The van der Waals surface area contributed by atoms with E-state index in [1.165, 1.54) is 29.7 Å². The topological polar surface area (TPSA) is 192 Å². The van der Waals surface area contributed by atoms with Gasteiger partial charge in [-0.2, -0.15) is 9.37 Å². The van der Waals surface area contributed by atoms with E-state index in [1.54, 1.807) is 13.0 Å². The zero-order chi connectivity index (χ0) is 47.7. The largest absolute Gasteiger partial charge is 0.489 e. The summed E-state index contributed by atoms with van der Waals surface area (Å²) >= 11 is 0. The molecule has 18 heteroatoms.